The molecule has 2 fully saturated rings. The molecule has 0 saturated carbocycles. The lowest BCUT2D eigenvalue weighted by molar-refractivity contribution is 0.0516. The lowest BCUT2D eigenvalue weighted by Gasteiger charge is -2.38. The Bertz CT molecular complexity index is 358. The van der Waals surface area contributed by atoms with Crippen molar-refractivity contribution in [3.8, 4) is 0 Å². The van der Waals surface area contributed by atoms with E-state index in [1.54, 1.807) is 4.31 Å². The highest BCUT2D eigenvalue weighted by Crippen LogP contribution is 2.28. The smallest absolute Gasteiger partial charge is 0.211 e. The number of nitrogens with zero attached hydrogens (tertiary/aromatic N) is 2. The van der Waals surface area contributed by atoms with E-state index >= 15 is 0 Å². The zero-order chi connectivity index (χ0) is 12.5. The number of piperazine rings is 1. The Morgan fingerprint density at radius 2 is 2.06 bits per heavy atom. The second-order valence-electron chi connectivity index (χ2n) is 4.90. The van der Waals surface area contributed by atoms with E-state index in [1.165, 1.54) is 6.26 Å². The van der Waals surface area contributed by atoms with Gasteiger partial charge in [-0.25, -0.2) is 8.42 Å². The molecule has 0 amide bonds. The van der Waals surface area contributed by atoms with Crippen LogP contribution in [0, 0.1) is 0 Å². The van der Waals surface area contributed by atoms with Gasteiger partial charge in [0.25, 0.3) is 0 Å². The van der Waals surface area contributed by atoms with Gasteiger partial charge in [0, 0.05) is 38.3 Å². The van der Waals surface area contributed by atoms with Crippen molar-refractivity contribution in [1.82, 2.24) is 9.21 Å². The molecule has 0 aromatic carbocycles. The van der Waals surface area contributed by atoms with Crippen molar-refractivity contribution < 1.29 is 13.2 Å². The van der Waals surface area contributed by atoms with Crippen LogP contribution in [0.5, 0.6) is 0 Å². The maximum atomic E-state index is 11.5. The highest BCUT2D eigenvalue weighted by Gasteiger charge is 2.39. The summed E-state index contributed by atoms with van der Waals surface area (Å²) in [5.41, 5.74) is 0. The molecule has 6 heteroatoms. The minimum atomic E-state index is -3.02. The Morgan fingerprint density at radius 3 is 2.71 bits per heavy atom. The summed E-state index contributed by atoms with van der Waals surface area (Å²) in [4.78, 5) is 2.43. The summed E-state index contributed by atoms with van der Waals surface area (Å²) in [5.74, 6) is 0. The van der Waals surface area contributed by atoms with E-state index in [-0.39, 0.29) is 0 Å². The van der Waals surface area contributed by atoms with E-state index < -0.39 is 10.0 Å². The van der Waals surface area contributed by atoms with Crippen molar-refractivity contribution in [3.05, 3.63) is 0 Å². The van der Waals surface area contributed by atoms with E-state index in [1.807, 2.05) is 6.92 Å². The largest absolute Gasteiger partial charge is 0.380 e. The van der Waals surface area contributed by atoms with E-state index in [4.69, 9.17) is 4.74 Å². The molecule has 2 atom stereocenters. The summed E-state index contributed by atoms with van der Waals surface area (Å²) >= 11 is 0. The molecule has 2 saturated heterocycles. The Labute approximate surface area is 104 Å². The highest BCUT2D eigenvalue weighted by atomic mass is 32.2. The van der Waals surface area contributed by atoms with Crippen molar-refractivity contribution in [2.24, 2.45) is 0 Å². The van der Waals surface area contributed by atoms with Gasteiger partial charge in [-0.1, -0.05) is 0 Å². The average Bonchev–Trinajstić information content (AvgIpc) is 2.67. The molecule has 0 N–H and O–H groups in total. The summed E-state index contributed by atoms with van der Waals surface area (Å²) in [6.45, 7) is 5.67. The Hall–Kier alpha value is -0.170. The summed E-state index contributed by atoms with van der Waals surface area (Å²) in [5, 5.41) is 0. The summed E-state index contributed by atoms with van der Waals surface area (Å²) in [6.07, 6.45) is 3.52. The van der Waals surface area contributed by atoms with Gasteiger partial charge in [0.05, 0.1) is 12.9 Å². The van der Waals surface area contributed by atoms with Crippen molar-refractivity contribution in [2.75, 3.05) is 39.1 Å². The SMILES string of the molecule is CCOCC1CCC2CN(S(C)(=O)=O)CCN12. The van der Waals surface area contributed by atoms with Crippen molar-refractivity contribution in [1.29, 1.82) is 0 Å². The highest BCUT2D eigenvalue weighted by molar-refractivity contribution is 7.88. The molecule has 0 spiro atoms. The molecule has 2 unspecified atom stereocenters. The molecule has 0 radical (unpaired) electrons. The molecular weight excluding hydrogens is 240 g/mol. The molecule has 0 aromatic rings. The second-order valence-corrected chi connectivity index (χ2v) is 6.89. The molecule has 0 aliphatic carbocycles. The predicted octanol–water partition coefficient (Wildman–Crippen LogP) is 0.131. The van der Waals surface area contributed by atoms with Gasteiger partial charge in [0.15, 0.2) is 0 Å². The fourth-order valence-electron chi connectivity index (χ4n) is 2.86. The first-order chi connectivity index (χ1) is 8.02. The Kier molecular flexibility index (Phi) is 4.07. The number of hydrogen-bond acceptors (Lipinski definition) is 4. The lowest BCUT2D eigenvalue weighted by Crippen LogP contribution is -2.54. The van der Waals surface area contributed by atoms with Gasteiger partial charge in [0.2, 0.25) is 10.0 Å². The standard InChI is InChI=1S/C11H22N2O3S/c1-3-16-9-11-5-4-10-8-12(17(2,14)15)6-7-13(10)11/h10-11H,3-9H2,1-2H3. The third kappa shape index (κ3) is 2.99. The minimum Gasteiger partial charge on any atom is -0.380 e. The number of ether oxygens (including phenoxy) is 1. The zero-order valence-corrected chi connectivity index (χ0v) is 11.4. The maximum absolute atomic E-state index is 11.5. The fraction of sp³-hybridized carbons (Fsp3) is 1.00. The Morgan fingerprint density at radius 1 is 1.29 bits per heavy atom. The topological polar surface area (TPSA) is 49.9 Å². The van der Waals surface area contributed by atoms with Crippen molar-refractivity contribution in [3.63, 3.8) is 0 Å². The van der Waals surface area contributed by atoms with Crippen LogP contribution < -0.4 is 0 Å². The molecule has 17 heavy (non-hydrogen) atoms. The first-order valence-electron chi connectivity index (χ1n) is 6.31. The molecule has 2 heterocycles. The van der Waals surface area contributed by atoms with E-state index in [9.17, 15) is 8.42 Å². The van der Waals surface area contributed by atoms with Gasteiger partial charge >= 0.3 is 0 Å². The van der Waals surface area contributed by atoms with Gasteiger partial charge in [-0.05, 0) is 19.8 Å². The van der Waals surface area contributed by atoms with Gasteiger partial charge < -0.3 is 4.74 Å². The second kappa shape index (κ2) is 5.22. The van der Waals surface area contributed by atoms with Gasteiger partial charge in [-0.3, -0.25) is 4.90 Å². The maximum Gasteiger partial charge on any atom is 0.211 e. The average molecular weight is 262 g/mol. The van der Waals surface area contributed by atoms with Crippen LogP contribution in [0.4, 0.5) is 0 Å². The first-order valence-corrected chi connectivity index (χ1v) is 8.15. The molecule has 0 aromatic heterocycles. The van der Waals surface area contributed by atoms with Crippen molar-refractivity contribution in [2.45, 2.75) is 31.8 Å². The molecule has 2 aliphatic heterocycles. The minimum absolute atomic E-state index is 0.393. The van der Waals surface area contributed by atoms with Crippen LogP contribution >= 0.6 is 0 Å². The monoisotopic (exact) mass is 262 g/mol. The van der Waals surface area contributed by atoms with E-state index in [0.717, 1.165) is 32.6 Å². The molecule has 2 rings (SSSR count). The Balaban J connectivity index is 1.93. The lowest BCUT2D eigenvalue weighted by atomic mass is 10.2. The summed E-state index contributed by atoms with van der Waals surface area (Å²) in [7, 11) is -3.02. The molecule has 5 nitrogen and oxygen atoms in total. The van der Waals surface area contributed by atoms with E-state index in [0.29, 0.717) is 25.2 Å². The number of fused-ring (bicyclic) bond motifs is 1. The fourth-order valence-corrected chi connectivity index (χ4v) is 3.72. The van der Waals surface area contributed by atoms with Crippen LogP contribution in [0.1, 0.15) is 19.8 Å². The van der Waals surface area contributed by atoms with Crippen LogP contribution in [0.15, 0.2) is 0 Å². The number of hydrogen-bond donors (Lipinski definition) is 0. The quantitative estimate of drug-likeness (QED) is 0.723. The third-order valence-corrected chi connectivity index (χ3v) is 5.05. The van der Waals surface area contributed by atoms with Crippen LogP contribution in [0.25, 0.3) is 0 Å². The van der Waals surface area contributed by atoms with Gasteiger partial charge in [0.1, 0.15) is 0 Å². The van der Waals surface area contributed by atoms with Crippen LogP contribution in [-0.4, -0.2) is 68.8 Å². The molecular formula is C11H22N2O3S. The van der Waals surface area contributed by atoms with Crippen LogP contribution in [-0.2, 0) is 14.8 Å². The normalized spacial score (nSPS) is 31.6. The predicted molar refractivity (Wildman–Crippen MR) is 66.4 cm³/mol. The van der Waals surface area contributed by atoms with E-state index in [2.05, 4.69) is 4.90 Å². The molecule has 2 aliphatic rings. The summed E-state index contributed by atoms with van der Waals surface area (Å²) < 4.78 is 30.1. The van der Waals surface area contributed by atoms with Crippen LogP contribution in [0.3, 0.4) is 0 Å². The number of rotatable bonds is 4. The first kappa shape index (κ1) is 13.3. The van der Waals surface area contributed by atoms with Gasteiger partial charge in [-0.2, -0.15) is 4.31 Å². The molecule has 100 valence electrons. The zero-order valence-electron chi connectivity index (χ0n) is 10.6. The van der Waals surface area contributed by atoms with Crippen LogP contribution in [0.2, 0.25) is 0 Å². The third-order valence-electron chi connectivity index (χ3n) is 3.78. The van der Waals surface area contributed by atoms with Crippen molar-refractivity contribution >= 4 is 10.0 Å². The number of sulfonamides is 1. The van der Waals surface area contributed by atoms with Gasteiger partial charge in [-0.15, -0.1) is 0 Å². The molecule has 0 bridgehead atoms. The summed E-state index contributed by atoms with van der Waals surface area (Å²) in [6, 6.07) is 0.880.